The molecule has 2 aromatic carbocycles. The zero-order chi connectivity index (χ0) is 29.8. The van der Waals surface area contributed by atoms with Crippen molar-refractivity contribution in [2.24, 2.45) is 7.05 Å². The van der Waals surface area contributed by atoms with E-state index in [9.17, 15) is 19.0 Å². The van der Waals surface area contributed by atoms with E-state index in [2.05, 4.69) is 27.4 Å². The lowest BCUT2D eigenvalue weighted by Crippen LogP contribution is -2.34. The molecule has 0 unspecified atom stereocenters. The Balaban J connectivity index is 1.45. The molecule has 2 aliphatic rings. The van der Waals surface area contributed by atoms with Crippen molar-refractivity contribution in [1.82, 2.24) is 24.3 Å². The van der Waals surface area contributed by atoms with E-state index in [1.807, 2.05) is 33.0 Å². The van der Waals surface area contributed by atoms with Crippen LogP contribution in [0.25, 0.3) is 11.0 Å². The summed E-state index contributed by atoms with van der Waals surface area (Å²) in [6, 6.07) is 9.62. The third-order valence-electron chi connectivity index (χ3n) is 8.49. The smallest absolute Gasteiger partial charge is 0.304 e. The number of hydrogen-bond donors (Lipinski definition) is 3. The van der Waals surface area contributed by atoms with Crippen molar-refractivity contribution in [2.45, 2.75) is 69.4 Å². The summed E-state index contributed by atoms with van der Waals surface area (Å²) in [5.74, 6) is -1.13. The highest BCUT2D eigenvalue weighted by atomic mass is 35.5. The first kappa shape index (κ1) is 28.9. The number of carboxylic acids is 1. The molecule has 0 spiro atoms. The van der Waals surface area contributed by atoms with Crippen LogP contribution < -0.4 is 4.74 Å². The summed E-state index contributed by atoms with van der Waals surface area (Å²) in [6.45, 7) is 4.49. The normalized spacial score (nSPS) is 19.5. The predicted molar refractivity (Wildman–Crippen MR) is 161 cm³/mol. The highest BCUT2D eigenvalue weighted by molar-refractivity contribution is 8.22. The third kappa shape index (κ3) is 5.13. The van der Waals surface area contributed by atoms with Gasteiger partial charge in [-0.25, -0.2) is 9.67 Å². The molecule has 0 fully saturated rings. The number of aliphatic carboxylic acids is 1. The number of hydrogen-bond acceptors (Lipinski definition) is 8. The van der Waals surface area contributed by atoms with Crippen LogP contribution in [0.3, 0.4) is 0 Å². The lowest BCUT2D eigenvalue weighted by Gasteiger charge is -2.42. The monoisotopic (exact) mass is 611 g/mol. The molecule has 3 N–H and O–H groups in total. The standard InChI is InChI=1S/C30H34ClN5O5S/c1-4-22-16-36(42(39,40)27-12-21(31)14-32-30(27)41-22)15-20-11-19(10-18-6-5-7-24(18)20)25(13-28(37)38)23-8-9-26-29(17(23)2)33-34-35(26)3/h8-12,14,22,25,39-40H,4-7,13,15-16H2,1-3H3,(H,37,38)/t22-,25+/m1/s1. The molecule has 0 radical (unpaired) electrons. The van der Waals surface area contributed by atoms with E-state index < -0.39 is 22.7 Å². The fourth-order valence-corrected chi connectivity index (χ4v) is 8.10. The van der Waals surface area contributed by atoms with Gasteiger partial charge in [0.05, 0.1) is 23.5 Å². The lowest BCUT2D eigenvalue weighted by molar-refractivity contribution is -0.137. The maximum absolute atomic E-state index is 12.2. The molecule has 12 heteroatoms. The summed E-state index contributed by atoms with van der Waals surface area (Å²) < 4.78 is 32.7. The zero-order valence-corrected chi connectivity index (χ0v) is 25.3. The summed E-state index contributed by atoms with van der Waals surface area (Å²) in [5.41, 5.74) is 7.64. The number of carboxylic acid groups (broad SMARTS) is 1. The molecule has 222 valence electrons. The van der Waals surface area contributed by atoms with Crippen molar-refractivity contribution < 1.29 is 23.7 Å². The molecule has 2 aromatic heterocycles. The number of nitrogens with zero attached hydrogens (tertiary/aromatic N) is 5. The van der Waals surface area contributed by atoms with Crippen LogP contribution in [0.15, 0.2) is 41.4 Å². The Hall–Kier alpha value is -3.22. The molecule has 0 bridgehead atoms. The molecule has 0 saturated carbocycles. The molecule has 10 nitrogen and oxygen atoms in total. The first-order valence-electron chi connectivity index (χ1n) is 14.1. The van der Waals surface area contributed by atoms with Crippen LogP contribution in [0.2, 0.25) is 5.02 Å². The van der Waals surface area contributed by atoms with Gasteiger partial charge in [-0.15, -0.1) is 15.9 Å². The van der Waals surface area contributed by atoms with Crippen molar-refractivity contribution in [3.63, 3.8) is 0 Å². The van der Waals surface area contributed by atoms with Gasteiger partial charge in [0.25, 0.3) is 0 Å². The Morgan fingerprint density at radius 3 is 2.81 bits per heavy atom. The molecule has 6 rings (SSSR count). The molecule has 3 heterocycles. The summed E-state index contributed by atoms with van der Waals surface area (Å²) >= 11 is 6.21. The summed E-state index contributed by atoms with van der Waals surface area (Å²) in [4.78, 5) is 16.6. The van der Waals surface area contributed by atoms with Gasteiger partial charge in [0.2, 0.25) is 5.88 Å². The molecular formula is C30H34ClN5O5S. The number of pyridine rings is 1. The number of fused-ring (bicyclic) bond motifs is 3. The third-order valence-corrected chi connectivity index (χ3v) is 10.6. The van der Waals surface area contributed by atoms with Crippen LogP contribution in [-0.2, 0) is 31.2 Å². The second kappa shape index (κ2) is 11.1. The Morgan fingerprint density at radius 1 is 1.24 bits per heavy atom. The van der Waals surface area contributed by atoms with Crippen molar-refractivity contribution in [3.05, 3.63) is 74.9 Å². The fourth-order valence-electron chi connectivity index (χ4n) is 6.29. The Morgan fingerprint density at radius 2 is 2.05 bits per heavy atom. The number of halogens is 1. The van der Waals surface area contributed by atoms with Crippen LogP contribution in [0, 0.1) is 6.92 Å². The number of benzene rings is 2. The Kier molecular flexibility index (Phi) is 7.65. The number of rotatable bonds is 7. The number of aryl methyl sites for hydroxylation is 3. The van der Waals surface area contributed by atoms with Crippen LogP contribution in [0.1, 0.15) is 65.5 Å². The largest absolute Gasteiger partial charge is 0.481 e. The predicted octanol–water partition coefficient (Wildman–Crippen LogP) is 6.12. The highest BCUT2D eigenvalue weighted by Crippen LogP contribution is 2.57. The fraction of sp³-hybridized carbons (Fsp3) is 0.400. The van der Waals surface area contributed by atoms with Gasteiger partial charge in [0.15, 0.2) is 0 Å². The molecular weight excluding hydrogens is 578 g/mol. The summed E-state index contributed by atoms with van der Waals surface area (Å²) in [6.07, 6.45) is 4.45. The number of aromatic nitrogens is 4. The Labute approximate surface area is 250 Å². The number of ether oxygens (including phenoxy) is 1. The first-order valence-corrected chi connectivity index (χ1v) is 16.0. The van der Waals surface area contributed by atoms with Crippen LogP contribution in [-0.4, -0.2) is 57.1 Å². The van der Waals surface area contributed by atoms with Crippen molar-refractivity contribution >= 4 is 39.4 Å². The molecule has 1 aliphatic heterocycles. The van der Waals surface area contributed by atoms with E-state index in [-0.39, 0.29) is 36.4 Å². The number of carbonyl (C=O) groups is 1. The van der Waals surface area contributed by atoms with Gasteiger partial charge in [-0.1, -0.05) is 41.9 Å². The van der Waals surface area contributed by atoms with Gasteiger partial charge in [-0.3, -0.25) is 13.9 Å². The highest BCUT2D eigenvalue weighted by Gasteiger charge is 2.37. The second-order valence-corrected chi connectivity index (χ2v) is 13.6. The minimum absolute atomic E-state index is 0.0902. The summed E-state index contributed by atoms with van der Waals surface area (Å²) in [7, 11) is -1.65. The van der Waals surface area contributed by atoms with E-state index in [0.717, 1.165) is 52.5 Å². The maximum Gasteiger partial charge on any atom is 0.304 e. The Bertz CT molecular complexity index is 1690. The van der Waals surface area contributed by atoms with E-state index in [1.165, 1.54) is 23.4 Å². The second-order valence-electron chi connectivity index (χ2n) is 11.1. The van der Waals surface area contributed by atoms with E-state index >= 15 is 0 Å². The molecule has 42 heavy (non-hydrogen) atoms. The molecule has 2 atom stereocenters. The first-order chi connectivity index (χ1) is 20.1. The molecule has 1 aliphatic carbocycles. The van der Waals surface area contributed by atoms with Crippen molar-refractivity contribution in [1.29, 1.82) is 0 Å². The van der Waals surface area contributed by atoms with Crippen molar-refractivity contribution in [2.75, 3.05) is 6.54 Å². The van der Waals surface area contributed by atoms with Gasteiger partial charge in [0, 0.05) is 25.7 Å². The average molecular weight is 612 g/mol. The van der Waals surface area contributed by atoms with Crippen LogP contribution >= 0.6 is 22.4 Å². The van der Waals surface area contributed by atoms with Gasteiger partial charge in [-0.05, 0) is 78.1 Å². The molecule has 0 saturated heterocycles. The average Bonchev–Trinajstić information content (AvgIpc) is 3.56. The SMILES string of the molecule is CC[C@@H]1CN(Cc2cc([C@H](CC(=O)O)c3ccc4c(nnn4C)c3C)cc3c2CCC3)S(O)(O)c2cc(Cl)cnc2O1. The molecule has 4 aromatic rings. The minimum Gasteiger partial charge on any atom is -0.481 e. The minimum atomic E-state index is -3.48. The van der Waals surface area contributed by atoms with Crippen molar-refractivity contribution in [3.8, 4) is 5.88 Å². The van der Waals surface area contributed by atoms with Gasteiger partial charge >= 0.3 is 5.97 Å². The van der Waals surface area contributed by atoms with E-state index in [4.69, 9.17) is 16.3 Å². The summed E-state index contributed by atoms with van der Waals surface area (Å²) in [5, 5.41) is 18.8. The maximum atomic E-state index is 12.2. The zero-order valence-electron chi connectivity index (χ0n) is 23.7. The van der Waals surface area contributed by atoms with E-state index in [1.54, 1.807) is 8.99 Å². The van der Waals surface area contributed by atoms with Crippen LogP contribution in [0.5, 0.6) is 5.88 Å². The molecule has 0 amide bonds. The lowest BCUT2D eigenvalue weighted by atomic mass is 9.83. The van der Waals surface area contributed by atoms with Gasteiger partial charge in [0.1, 0.15) is 16.5 Å². The van der Waals surface area contributed by atoms with Crippen LogP contribution in [0.4, 0.5) is 0 Å². The van der Waals surface area contributed by atoms with Gasteiger partial charge < -0.3 is 9.84 Å². The van der Waals surface area contributed by atoms with E-state index in [0.29, 0.717) is 11.4 Å². The van der Waals surface area contributed by atoms with Gasteiger partial charge in [-0.2, -0.15) is 4.31 Å². The topological polar surface area (TPSA) is 134 Å². The quantitative estimate of drug-likeness (QED) is 0.226.